The Kier molecular flexibility index (Phi) is 6.00. The van der Waals surface area contributed by atoms with E-state index < -0.39 is 8.07 Å². The lowest BCUT2D eigenvalue weighted by atomic mass is 10.1. The van der Waals surface area contributed by atoms with Crippen LogP contribution in [-0.2, 0) is 0 Å². The van der Waals surface area contributed by atoms with Gasteiger partial charge in [-0.15, -0.1) is 0 Å². The lowest BCUT2D eigenvalue weighted by Gasteiger charge is -2.23. The number of hydrogen-bond donors (Lipinski definition) is 0. The fourth-order valence-corrected chi connectivity index (χ4v) is 3.59. The highest BCUT2D eigenvalue weighted by atomic mass is 28.3. The van der Waals surface area contributed by atoms with Gasteiger partial charge in [0.2, 0.25) is 0 Å². The van der Waals surface area contributed by atoms with E-state index in [1.54, 1.807) is 0 Å². The Bertz CT molecular complexity index is 487. The van der Waals surface area contributed by atoms with Gasteiger partial charge in [-0.2, -0.15) is 0 Å². The summed E-state index contributed by atoms with van der Waals surface area (Å²) in [6.45, 7) is 13.0. The first-order valence-electron chi connectivity index (χ1n) is 7.45. The highest BCUT2D eigenvalue weighted by Crippen LogP contribution is 2.26. The second-order valence-corrected chi connectivity index (χ2v) is 11.2. The zero-order valence-electron chi connectivity index (χ0n) is 13.6. The second kappa shape index (κ2) is 7.07. The van der Waals surface area contributed by atoms with Crippen molar-refractivity contribution >= 4 is 19.3 Å². The van der Waals surface area contributed by atoms with Gasteiger partial charge in [-0.1, -0.05) is 51.2 Å². The second-order valence-electron chi connectivity index (χ2n) is 6.16. The summed E-state index contributed by atoms with van der Waals surface area (Å²) in [6.07, 6.45) is 6.30. The molecule has 0 aliphatic rings. The van der Waals surface area contributed by atoms with E-state index in [9.17, 15) is 4.39 Å². The van der Waals surface area contributed by atoms with Crippen LogP contribution in [0.5, 0.6) is 5.75 Å². The Hall–Kier alpha value is -1.09. The van der Waals surface area contributed by atoms with Crippen molar-refractivity contribution in [2.45, 2.75) is 53.3 Å². The van der Waals surface area contributed by atoms with Crippen molar-refractivity contribution in [1.82, 2.24) is 0 Å². The van der Waals surface area contributed by atoms with Gasteiger partial charge in [0.25, 0.3) is 0 Å². The van der Waals surface area contributed by atoms with Crippen LogP contribution >= 0.6 is 0 Å². The number of allylic oxidation sites excluding steroid dienone is 1. The van der Waals surface area contributed by atoms with E-state index in [4.69, 9.17) is 4.74 Å². The minimum absolute atomic E-state index is 0.192. The van der Waals surface area contributed by atoms with Crippen LogP contribution in [-0.4, -0.2) is 14.7 Å². The van der Waals surface area contributed by atoms with Gasteiger partial charge >= 0.3 is 0 Å². The first kappa shape index (κ1) is 17.0. The molecule has 0 aliphatic heterocycles. The molecule has 1 nitrogen and oxygen atoms in total. The third-order valence-corrected chi connectivity index (χ3v) is 5.34. The number of ether oxygens (including phenoxy) is 1. The fourth-order valence-electron chi connectivity index (χ4n) is 2.14. The van der Waals surface area contributed by atoms with Gasteiger partial charge in [0.15, 0.2) is 11.6 Å². The normalized spacial score (nSPS) is 12.2. The quantitative estimate of drug-likeness (QED) is 0.679. The van der Waals surface area contributed by atoms with Gasteiger partial charge in [0, 0.05) is 0 Å². The lowest BCUT2D eigenvalue weighted by Crippen LogP contribution is -2.39. The van der Waals surface area contributed by atoms with Crippen LogP contribution in [0, 0.1) is 12.7 Å². The van der Waals surface area contributed by atoms with E-state index in [2.05, 4.69) is 38.7 Å². The molecule has 20 heavy (non-hydrogen) atoms. The Balaban J connectivity index is 3.40. The highest BCUT2D eigenvalue weighted by molar-refractivity contribution is 6.89. The Morgan fingerprint density at radius 2 is 1.90 bits per heavy atom. The molecule has 1 aromatic rings. The minimum Gasteiger partial charge on any atom is -0.491 e. The van der Waals surface area contributed by atoms with Crippen LogP contribution < -0.4 is 9.92 Å². The average Bonchev–Trinajstić information content (AvgIpc) is 2.36. The summed E-state index contributed by atoms with van der Waals surface area (Å²) < 4.78 is 20.2. The highest BCUT2D eigenvalue weighted by Gasteiger charge is 2.26. The third kappa shape index (κ3) is 3.95. The number of hydrogen-bond acceptors (Lipinski definition) is 1. The van der Waals surface area contributed by atoms with Crippen LogP contribution in [0.15, 0.2) is 12.1 Å². The van der Waals surface area contributed by atoms with Crippen LogP contribution in [0.2, 0.25) is 19.6 Å². The zero-order valence-corrected chi connectivity index (χ0v) is 14.6. The van der Waals surface area contributed by atoms with Crippen molar-refractivity contribution in [1.29, 1.82) is 0 Å². The molecule has 0 saturated carbocycles. The third-order valence-electron chi connectivity index (χ3n) is 3.36. The molecule has 0 bridgehead atoms. The monoisotopic (exact) mass is 294 g/mol. The molecule has 0 unspecified atom stereocenters. The fraction of sp³-hybridized carbons (Fsp3) is 0.529. The molecule has 0 saturated heterocycles. The van der Waals surface area contributed by atoms with Crippen LogP contribution in [0.3, 0.4) is 0 Å². The predicted molar refractivity (Wildman–Crippen MR) is 89.2 cm³/mol. The summed E-state index contributed by atoms with van der Waals surface area (Å²) in [4.78, 5) is 0. The largest absolute Gasteiger partial charge is 0.491 e. The number of benzene rings is 1. The van der Waals surface area contributed by atoms with Crippen molar-refractivity contribution < 1.29 is 9.13 Å². The van der Waals surface area contributed by atoms with Gasteiger partial charge in [-0.05, 0) is 36.6 Å². The molecule has 0 fully saturated rings. The van der Waals surface area contributed by atoms with Gasteiger partial charge in [-0.25, -0.2) is 4.39 Å². The molecular formula is C17H27FOSi. The smallest absolute Gasteiger partial charge is 0.168 e. The summed E-state index contributed by atoms with van der Waals surface area (Å²) in [5.74, 6) is 0.278. The summed E-state index contributed by atoms with van der Waals surface area (Å²) in [5, 5.41) is 1.07. The van der Waals surface area contributed by atoms with E-state index in [1.165, 1.54) is 0 Å². The maximum absolute atomic E-state index is 14.6. The summed E-state index contributed by atoms with van der Waals surface area (Å²) in [5.41, 5.74) is 1.67. The van der Waals surface area contributed by atoms with Crippen molar-refractivity contribution in [3.05, 3.63) is 29.1 Å². The Morgan fingerprint density at radius 3 is 2.40 bits per heavy atom. The summed E-state index contributed by atoms with van der Waals surface area (Å²) >= 11 is 0. The van der Waals surface area contributed by atoms with Crippen molar-refractivity contribution in [3.8, 4) is 5.75 Å². The van der Waals surface area contributed by atoms with Gasteiger partial charge < -0.3 is 4.74 Å². The molecular weight excluding hydrogens is 267 g/mol. The minimum atomic E-state index is -1.65. The predicted octanol–water partition coefficient (Wildman–Crippen LogP) is 4.89. The van der Waals surface area contributed by atoms with E-state index >= 15 is 0 Å². The Labute approximate surface area is 123 Å². The molecule has 0 aliphatic carbocycles. The van der Waals surface area contributed by atoms with Gasteiger partial charge in [-0.3, -0.25) is 0 Å². The lowest BCUT2D eigenvalue weighted by molar-refractivity contribution is 0.323. The molecule has 1 aromatic carbocycles. The van der Waals surface area contributed by atoms with E-state index in [0.29, 0.717) is 17.9 Å². The first-order chi connectivity index (χ1) is 9.32. The van der Waals surface area contributed by atoms with Crippen molar-refractivity contribution in [3.63, 3.8) is 0 Å². The SMILES string of the molecule is CCC/C=C/c1cc([Si](C)(C)C)c(OCC)c(F)c1C. The topological polar surface area (TPSA) is 9.23 Å². The van der Waals surface area contributed by atoms with E-state index in [1.807, 2.05) is 19.9 Å². The molecule has 0 amide bonds. The van der Waals surface area contributed by atoms with Crippen molar-refractivity contribution in [2.75, 3.05) is 6.61 Å². The maximum Gasteiger partial charge on any atom is 0.168 e. The summed E-state index contributed by atoms with van der Waals surface area (Å²) in [6, 6.07) is 2.13. The standard InChI is InChI=1S/C17H27FOSi/c1-7-9-10-11-14-12-15(20(4,5)6)17(19-8-2)16(18)13(14)3/h10-12H,7-9H2,1-6H3/b11-10+. The average molecular weight is 294 g/mol. The van der Waals surface area contributed by atoms with E-state index in [-0.39, 0.29) is 5.82 Å². The zero-order chi connectivity index (χ0) is 15.3. The molecule has 1 rings (SSSR count). The molecule has 0 aromatic heterocycles. The molecule has 112 valence electrons. The van der Waals surface area contributed by atoms with Crippen LogP contribution in [0.4, 0.5) is 4.39 Å². The van der Waals surface area contributed by atoms with Gasteiger partial charge in [0.1, 0.15) is 0 Å². The van der Waals surface area contributed by atoms with Crippen molar-refractivity contribution in [2.24, 2.45) is 0 Å². The van der Waals surface area contributed by atoms with Crippen LogP contribution in [0.1, 0.15) is 37.8 Å². The first-order valence-corrected chi connectivity index (χ1v) is 11.0. The van der Waals surface area contributed by atoms with Gasteiger partial charge in [0.05, 0.1) is 14.7 Å². The molecule has 3 heteroatoms. The number of rotatable bonds is 6. The van der Waals surface area contributed by atoms with E-state index in [0.717, 1.165) is 23.6 Å². The molecule has 0 N–H and O–H groups in total. The number of halogens is 1. The summed E-state index contributed by atoms with van der Waals surface area (Å²) in [7, 11) is -1.65. The molecule has 0 spiro atoms. The maximum atomic E-state index is 14.6. The molecule has 0 radical (unpaired) electrons. The Morgan fingerprint density at radius 1 is 1.25 bits per heavy atom. The van der Waals surface area contributed by atoms with Crippen LogP contribution in [0.25, 0.3) is 6.08 Å². The number of unbranched alkanes of at least 4 members (excludes halogenated alkanes) is 1. The molecule has 0 heterocycles. The molecule has 0 atom stereocenters.